The number of carbonyl (C=O) groups is 2. The van der Waals surface area contributed by atoms with Gasteiger partial charge in [-0.25, -0.2) is 4.98 Å². The Kier molecular flexibility index (Phi) is 7.38. The molecule has 2 amide bonds. The van der Waals surface area contributed by atoms with E-state index in [0.29, 0.717) is 38.2 Å². The first kappa shape index (κ1) is 24.3. The third kappa shape index (κ3) is 6.40. The summed E-state index contributed by atoms with van der Waals surface area (Å²) in [5.74, 6) is -0.196. The van der Waals surface area contributed by atoms with E-state index in [0.717, 1.165) is 17.8 Å². The number of piperidine rings is 1. The van der Waals surface area contributed by atoms with Crippen molar-refractivity contribution in [3.63, 3.8) is 0 Å². The summed E-state index contributed by atoms with van der Waals surface area (Å²) in [6.45, 7) is 1.07. The fraction of sp³-hybridized carbons (Fsp3) is 0.320. The first-order valence-corrected chi connectivity index (χ1v) is 11.3. The lowest BCUT2D eigenvalue weighted by molar-refractivity contribution is -0.137. The highest BCUT2D eigenvalue weighted by Crippen LogP contribution is 2.29. The number of benzene rings is 1. The Labute approximate surface area is 200 Å². The molecule has 1 saturated heterocycles. The van der Waals surface area contributed by atoms with Gasteiger partial charge in [-0.3, -0.25) is 9.59 Å². The van der Waals surface area contributed by atoms with Crippen LogP contribution in [0.1, 0.15) is 34.5 Å². The molecule has 0 saturated carbocycles. The van der Waals surface area contributed by atoms with Gasteiger partial charge in [0.05, 0.1) is 11.8 Å². The quantitative estimate of drug-likeness (QED) is 0.530. The van der Waals surface area contributed by atoms with Crippen LogP contribution in [-0.2, 0) is 17.4 Å². The van der Waals surface area contributed by atoms with Gasteiger partial charge in [-0.05, 0) is 42.7 Å². The van der Waals surface area contributed by atoms with Gasteiger partial charge in [-0.1, -0.05) is 30.3 Å². The third-order valence-corrected chi connectivity index (χ3v) is 5.89. The summed E-state index contributed by atoms with van der Waals surface area (Å²) in [5, 5.41) is 5.76. The molecule has 1 aliphatic heterocycles. The van der Waals surface area contributed by atoms with E-state index < -0.39 is 23.7 Å². The van der Waals surface area contributed by atoms with Crippen LogP contribution in [0.15, 0.2) is 71.5 Å². The van der Waals surface area contributed by atoms with E-state index in [1.54, 1.807) is 6.07 Å². The number of aromatic nitrogens is 1. The molecular weight excluding hydrogens is 461 g/mol. The van der Waals surface area contributed by atoms with Crippen molar-refractivity contribution in [2.45, 2.75) is 37.5 Å². The van der Waals surface area contributed by atoms with Crippen molar-refractivity contribution in [2.24, 2.45) is 0 Å². The minimum Gasteiger partial charge on any atom is -0.459 e. The molecule has 4 rings (SSSR count). The summed E-state index contributed by atoms with van der Waals surface area (Å²) in [7, 11) is 0. The van der Waals surface area contributed by atoms with E-state index in [1.807, 2.05) is 35.2 Å². The largest absolute Gasteiger partial charge is 0.459 e. The lowest BCUT2D eigenvalue weighted by atomic mass is 10.0. The van der Waals surface area contributed by atoms with Crippen molar-refractivity contribution in [3.05, 3.63) is 83.9 Å². The van der Waals surface area contributed by atoms with Gasteiger partial charge >= 0.3 is 6.18 Å². The zero-order valence-corrected chi connectivity index (χ0v) is 18.8. The van der Waals surface area contributed by atoms with Crippen molar-refractivity contribution >= 4 is 17.6 Å². The molecule has 3 aromatic rings. The molecule has 0 aliphatic carbocycles. The average molecular weight is 486 g/mol. The Morgan fingerprint density at radius 2 is 1.80 bits per heavy atom. The zero-order valence-electron chi connectivity index (χ0n) is 18.8. The summed E-state index contributed by atoms with van der Waals surface area (Å²) >= 11 is 0. The Hall–Kier alpha value is -3.82. The van der Waals surface area contributed by atoms with Gasteiger partial charge in [0.2, 0.25) is 5.91 Å². The van der Waals surface area contributed by atoms with Crippen LogP contribution < -0.4 is 15.5 Å². The molecule has 0 radical (unpaired) electrons. The van der Waals surface area contributed by atoms with E-state index in [1.165, 1.54) is 18.4 Å². The minimum atomic E-state index is -4.43. The molecule has 3 heterocycles. The Bertz CT molecular complexity index is 1110. The van der Waals surface area contributed by atoms with Crippen molar-refractivity contribution in [2.75, 3.05) is 18.0 Å². The number of carbonyl (C=O) groups excluding carboxylic acids is 2. The fourth-order valence-electron chi connectivity index (χ4n) is 3.99. The number of alkyl halides is 3. The molecule has 0 bridgehead atoms. The molecule has 10 heteroatoms. The molecule has 1 atom stereocenters. The molecule has 1 fully saturated rings. The Morgan fingerprint density at radius 3 is 2.40 bits per heavy atom. The number of amides is 2. The van der Waals surface area contributed by atoms with Gasteiger partial charge in [-0.2, -0.15) is 13.2 Å². The second-order valence-corrected chi connectivity index (χ2v) is 8.37. The van der Waals surface area contributed by atoms with Crippen LogP contribution in [0.25, 0.3) is 0 Å². The first-order valence-electron chi connectivity index (χ1n) is 11.3. The number of nitrogens with one attached hydrogen (secondary N) is 2. The van der Waals surface area contributed by atoms with Crippen LogP contribution in [-0.4, -0.2) is 42.0 Å². The SMILES string of the molecule is O=C(NC(Cc1ccccc1)C(=O)NC1CCN(c2ccc(C(F)(F)F)cn2)CC1)c1ccco1. The minimum absolute atomic E-state index is 0.119. The highest BCUT2D eigenvalue weighted by Gasteiger charge is 2.31. The monoisotopic (exact) mass is 486 g/mol. The molecule has 2 N–H and O–H groups in total. The van der Waals surface area contributed by atoms with E-state index in [9.17, 15) is 22.8 Å². The van der Waals surface area contributed by atoms with Crippen LogP contribution in [0.3, 0.4) is 0 Å². The maximum Gasteiger partial charge on any atom is 0.417 e. The van der Waals surface area contributed by atoms with Crippen molar-refractivity contribution in [1.29, 1.82) is 0 Å². The standard InChI is InChI=1S/C25H25F3N4O3/c26-25(27,28)18-8-9-22(29-16-18)32-12-10-19(11-13-32)30-23(33)20(15-17-5-2-1-3-6-17)31-24(34)21-7-4-14-35-21/h1-9,14,16,19-20H,10-13,15H2,(H,30,33)(H,31,34). The van der Waals surface area contributed by atoms with E-state index in [4.69, 9.17) is 4.42 Å². The smallest absolute Gasteiger partial charge is 0.417 e. The Morgan fingerprint density at radius 1 is 1.06 bits per heavy atom. The zero-order chi connectivity index (χ0) is 24.8. The van der Waals surface area contributed by atoms with Gasteiger partial charge < -0.3 is 20.0 Å². The van der Waals surface area contributed by atoms with Gasteiger partial charge in [0.15, 0.2) is 5.76 Å². The molecule has 1 unspecified atom stereocenters. The lowest BCUT2D eigenvalue weighted by Crippen LogP contribution is -2.53. The molecule has 1 aromatic carbocycles. The highest BCUT2D eigenvalue weighted by atomic mass is 19.4. The number of nitrogens with zero attached hydrogens (tertiary/aromatic N) is 2. The predicted molar refractivity (Wildman–Crippen MR) is 123 cm³/mol. The molecule has 0 spiro atoms. The normalized spacial score (nSPS) is 15.5. The summed E-state index contributed by atoms with van der Waals surface area (Å²) in [6, 6.07) is 13.9. The van der Waals surface area contributed by atoms with Crippen LogP contribution in [0.4, 0.5) is 19.0 Å². The van der Waals surface area contributed by atoms with E-state index in [-0.39, 0.29) is 17.7 Å². The van der Waals surface area contributed by atoms with Gasteiger partial charge in [-0.15, -0.1) is 0 Å². The van der Waals surface area contributed by atoms with E-state index >= 15 is 0 Å². The number of pyridine rings is 1. The van der Waals surface area contributed by atoms with Crippen molar-refractivity contribution in [1.82, 2.24) is 15.6 Å². The Balaban J connectivity index is 1.35. The number of rotatable bonds is 7. The predicted octanol–water partition coefficient (Wildman–Crippen LogP) is 3.82. The molecule has 1 aliphatic rings. The molecule has 2 aromatic heterocycles. The summed E-state index contributed by atoms with van der Waals surface area (Å²) in [5.41, 5.74) is 0.111. The number of hydrogen-bond donors (Lipinski definition) is 2. The van der Waals surface area contributed by atoms with Crippen LogP contribution >= 0.6 is 0 Å². The summed E-state index contributed by atoms with van der Waals surface area (Å²) < 4.78 is 43.5. The lowest BCUT2D eigenvalue weighted by Gasteiger charge is -2.34. The van der Waals surface area contributed by atoms with Crippen LogP contribution in [0.2, 0.25) is 0 Å². The van der Waals surface area contributed by atoms with Crippen LogP contribution in [0, 0.1) is 0 Å². The maximum atomic E-state index is 13.1. The average Bonchev–Trinajstić information content (AvgIpc) is 3.40. The van der Waals surface area contributed by atoms with E-state index in [2.05, 4.69) is 15.6 Å². The van der Waals surface area contributed by atoms with Gasteiger partial charge in [0.1, 0.15) is 11.9 Å². The number of hydrogen-bond acceptors (Lipinski definition) is 5. The molecule has 7 nitrogen and oxygen atoms in total. The highest BCUT2D eigenvalue weighted by molar-refractivity contribution is 5.95. The van der Waals surface area contributed by atoms with Gasteiger partial charge in [0, 0.05) is 31.7 Å². The summed E-state index contributed by atoms with van der Waals surface area (Å²) in [4.78, 5) is 31.5. The molecule has 35 heavy (non-hydrogen) atoms. The number of furan rings is 1. The van der Waals surface area contributed by atoms with Gasteiger partial charge in [0.25, 0.3) is 5.91 Å². The van der Waals surface area contributed by atoms with Crippen LogP contribution in [0.5, 0.6) is 0 Å². The molecular formula is C25H25F3N4O3. The van der Waals surface area contributed by atoms with Crippen molar-refractivity contribution in [3.8, 4) is 0 Å². The number of halogens is 3. The third-order valence-electron chi connectivity index (χ3n) is 5.89. The number of anilines is 1. The first-order chi connectivity index (χ1) is 16.8. The topological polar surface area (TPSA) is 87.5 Å². The molecule has 184 valence electrons. The summed E-state index contributed by atoms with van der Waals surface area (Å²) in [6.07, 6.45) is -0.699. The second-order valence-electron chi connectivity index (χ2n) is 8.37. The maximum absolute atomic E-state index is 13.1. The fourth-order valence-corrected chi connectivity index (χ4v) is 3.99. The second kappa shape index (κ2) is 10.6. The van der Waals surface area contributed by atoms with Crippen molar-refractivity contribution < 1.29 is 27.2 Å².